The smallest absolute Gasteiger partial charge is 0.870 e. The molecule has 6 aromatic carbocycles. The van der Waals surface area contributed by atoms with Crippen LogP contribution in [0.15, 0.2) is 131 Å². The van der Waals surface area contributed by atoms with E-state index in [4.69, 9.17) is 52.2 Å². The van der Waals surface area contributed by atoms with Crippen molar-refractivity contribution in [2.45, 2.75) is 80.1 Å². The van der Waals surface area contributed by atoms with Gasteiger partial charge in [0.2, 0.25) is 17.6 Å². The molecule has 31 nitrogen and oxygen atoms in total. The zero-order valence-electron chi connectivity index (χ0n) is 59.9. The van der Waals surface area contributed by atoms with E-state index < -0.39 is 63.7 Å². The topological polar surface area (TPSA) is 551 Å². The zero-order chi connectivity index (χ0) is 77.3. The summed E-state index contributed by atoms with van der Waals surface area (Å²) in [6, 6.07) is 36.6. The summed E-state index contributed by atoms with van der Waals surface area (Å²) in [5, 5.41) is 73.4. The van der Waals surface area contributed by atoms with Crippen molar-refractivity contribution in [2.75, 3.05) is 33.0 Å². The molecule has 0 saturated heterocycles. The van der Waals surface area contributed by atoms with E-state index in [9.17, 15) is 68.2 Å². The number of nitrogens with zero attached hydrogens (tertiary/aromatic N) is 6. The first-order valence-electron chi connectivity index (χ1n) is 31.4. The van der Waals surface area contributed by atoms with Gasteiger partial charge in [0.1, 0.15) is 0 Å². The number of hydrogen-bond acceptors (Lipinski definition) is 25. The van der Waals surface area contributed by atoms with Crippen molar-refractivity contribution in [2.24, 2.45) is 11.5 Å². The van der Waals surface area contributed by atoms with Crippen LogP contribution < -0.4 is 49.2 Å². The van der Waals surface area contributed by atoms with Crippen molar-refractivity contribution in [3.8, 4) is 24.3 Å². The minimum atomic E-state index is -1.03. The standard InChI is InChI=1S/C13H13NO3.C13H11NO2.C12H10N2O5.C11H9NO3.C11H7NO2.C8H6N2O2.C7H12O4.2Li.2H2O/c1-2-17-13(16)11-5-8-3-4-9(12(14)15)6-10(8)7-11;1-2-16-13(15)12-6-10-4-3-9(8-14)5-11(10)7-12;1-2-19-12(16)11(15)6-9-4-3-8(7-13)5-10(9)14(17)18;12-10(13)7-2-1-6-3-9(11(14)15)5-8(6)4-7;12-6-7-1-2-8-4-10(11(13)14)5-9(8)3-7;1-6-2-3-7(5-9)4-8(6)10(11)12;1-3-5-11-7(9)6(8)10-4-2;;;;/h3-6H,2,7H2,1H3,(H2,14,15);3-6H,2,7H2,1H3;3-5H,2,6H2,1H3;1-4H,5H2,(H2,12,13)(H,14,15);1-4H,5H2,(H,13,14);2-4H,1H3;3-5H2,1-2H3;;;2*1H2/q;;;;;;;2*+1;;/p-2. The van der Waals surface area contributed by atoms with E-state index in [1.807, 2.05) is 37.3 Å². The molecule has 0 aliphatic heterocycles. The van der Waals surface area contributed by atoms with Gasteiger partial charge in [0, 0.05) is 88.8 Å². The van der Waals surface area contributed by atoms with Gasteiger partial charge < -0.3 is 56.3 Å². The number of carboxylic acid groups (broad SMARTS) is 2. The maximum Gasteiger partial charge on any atom is 1.00 e. The maximum atomic E-state index is 11.6. The molecule has 0 bridgehead atoms. The third-order valence-electron chi connectivity index (χ3n) is 14.5. The zero-order valence-corrected chi connectivity index (χ0v) is 59.9. The molecule has 10 rings (SSSR count). The van der Waals surface area contributed by atoms with Crippen molar-refractivity contribution < 1.29 is 140 Å². The van der Waals surface area contributed by atoms with E-state index in [1.54, 1.807) is 132 Å². The Balaban J connectivity index is 0.00000124. The molecule has 0 unspecified atom stereocenters. The number of aliphatic carboxylic acids is 2. The quantitative estimate of drug-likeness (QED) is 0.0255. The minimum Gasteiger partial charge on any atom is -0.870 e. The molecule has 4 aliphatic rings. The minimum absolute atomic E-state index is 0. The third kappa shape index (κ3) is 28.9. The van der Waals surface area contributed by atoms with Crippen molar-refractivity contribution in [3.63, 3.8) is 0 Å². The van der Waals surface area contributed by atoms with Crippen LogP contribution in [0, 0.1) is 72.5 Å². The van der Waals surface area contributed by atoms with Crippen molar-refractivity contribution >= 4 is 95.1 Å². The number of primary amides is 2. The number of Topliss-reactive ketones (excluding diaryl/α,β-unsaturated/α-hetero) is 1. The summed E-state index contributed by atoms with van der Waals surface area (Å²) in [5.41, 5.74) is 22.5. The predicted molar refractivity (Wildman–Crippen MR) is 375 cm³/mol. The Labute approximate surface area is 642 Å². The van der Waals surface area contributed by atoms with E-state index in [1.165, 1.54) is 18.2 Å². The van der Waals surface area contributed by atoms with E-state index in [0.717, 1.165) is 50.6 Å². The van der Waals surface area contributed by atoms with Crippen LogP contribution in [0.25, 0.3) is 24.3 Å². The van der Waals surface area contributed by atoms with Gasteiger partial charge in [0.25, 0.3) is 11.4 Å². The number of aryl methyl sites for hydroxylation is 1. The fraction of sp³-hybridized carbons (Fsp3) is 0.227. The maximum absolute atomic E-state index is 11.6. The molecule has 4 aliphatic carbocycles. The molecular formula is C75H70Li2N8O23. The summed E-state index contributed by atoms with van der Waals surface area (Å²) in [6.07, 6.45) is 8.98. The summed E-state index contributed by atoms with van der Waals surface area (Å²) in [7, 11) is 0. The summed E-state index contributed by atoms with van der Waals surface area (Å²) in [4.78, 5) is 130. The van der Waals surface area contributed by atoms with Crippen molar-refractivity contribution in [3.05, 3.63) is 241 Å². The fourth-order valence-corrected chi connectivity index (χ4v) is 9.53. The number of benzene rings is 6. The number of carboxylic acids is 2. The number of ether oxygens (including phenoxy) is 5. The number of esters is 5. The first kappa shape index (κ1) is 95.1. The number of ketones is 1. The monoisotopic (exact) mass is 1460 g/mol. The summed E-state index contributed by atoms with van der Waals surface area (Å²) < 4.78 is 23.3. The number of amides is 2. The number of nitro benzene ring substituents is 2. The number of nitrogens with two attached hydrogens (primary N) is 2. The fourth-order valence-electron chi connectivity index (χ4n) is 9.53. The van der Waals surface area contributed by atoms with Gasteiger partial charge in [-0.25, -0.2) is 33.6 Å². The second kappa shape index (κ2) is 47.4. The van der Waals surface area contributed by atoms with Gasteiger partial charge >= 0.3 is 79.5 Å². The van der Waals surface area contributed by atoms with Crippen LogP contribution in [0.5, 0.6) is 0 Å². The first-order chi connectivity index (χ1) is 49.5. The van der Waals surface area contributed by atoms with Gasteiger partial charge in [-0.05, 0) is 171 Å². The molecule has 33 heteroatoms. The molecule has 0 saturated carbocycles. The van der Waals surface area contributed by atoms with Crippen LogP contribution in [0.4, 0.5) is 11.4 Å². The second-order valence-electron chi connectivity index (χ2n) is 21.8. The Bertz CT molecular complexity index is 4710. The van der Waals surface area contributed by atoms with Crippen LogP contribution >= 0.6 is 0 Å². The molecule has 0 atom stereocenters. The Morgan fingerprint density at radius 3 is 1.13 bits per heavy atom. The average Bonchev–Trinajstić information content (AvgIpc) is 1.66. The number of hydrogen-bond donors (Lipinski definition) is 4. The van der Waals surface area contributed by atoms with Gasteiger partial charge in [-0.3, -0.25) is 34.6 Å². The van der Waals surface area contributed by atoms with Crippen LogP contribution in [0.1, 0.15) is 140 Å². The molecule has 6 aromatic rings. The second-order valence-corrected chi connectivity index (χ2v) is 21.8. The number of nitro groups is 2. The summed E-state index contributed by atoms with van der Waals surface area (Å²) in [5.74, 6) is -7.06. The van der Waals surface area contributed by atoms with Crippen LogP contribution in [-0.4, -0.2) is 123 Å². The summed E-state index contributed by atoms with van der Waals surface area (Å²) in [6.45, 7) is 11.5. The summed E-state index contributed by atoms with van der Waals surface area (Å²) >= 11 is 0. The van der Waals surface area contributed by atoms with E-state index in [0.29, 0.717) is 101 Å². The molecule has 0 heterocycles. The molecule has 0 radical (unpaired) electrons. The SMILES string of the molecule is CCCOC(=O)C(=O)OCC.CCOC(=O)C(=O)Cc1ccc(C#N)cc1[N+](=O)[O-].CCOC(=O)C1=Cc2ccc(C#N)cc2C1.CCOC(=O)C1=Cc2ccc(C(N)=O)cc2C1.Cc1ccc(C#N)cc1[N+](=O)[O-].N#Cc1ccc2c(c1)CC(C(=O)O)=C2.NC(=O)c1ccc2c(c1)CC(C(=O)O)=C2.[Li+].[Li+].[OH-].[OH-]. The number of rotatable bonds is 17. The van der Waals surface area contributed by atoms with Crippen LogP contribution in [0.2, 0.25) is 0 Å². The van der Waals surface area contributed by atoms with Gasteiger partial charge in [-0.1, -0.05) is 43.3 Å². The average molecular weight is 1470 g/mol. The van der Waals surface area contributed by atoms with Gasteiger partial charge in [-0.2, -0.15) is 21.0 Å². The molecule has 0 spiro atoms. The Morgan fingerprint density at radius 1 is 0.444 bits per heavy atom. The number of carbonyl (C=O) groups is 10. The first-order valence-corrected chi connectivity index (χ1v) is 31.4. The number of carbonyl (C=O) groups excluding carboxylic acids is 8. The molecule has 550 valence electrons. The molecule has 108 heavy (non-hydrogen) atoms. The largest absolute Gasteiger partial charge is 1.00 e. The van der Waals surface area contributed by atoms with E-state index in [2.05, 4.69) is 20.3 Å². The molecular weight excluding hydrogens is 1390 g/mol. The van der Waals surface area contributed by atoms with Crippen LogP contribution in [0.3, 0.4) is 0 Å². The van der Waals surface area contributed by atoms with E-state index >= 15 is 0 Å². The van der Waals surface area contributed by atoms with Crippen molar-refractivity contribution in [1.82, 2.24) is 0 Å². The molecule has 2 amide bonds. The Morgan fingerprint density at radius 2 is 0.769 bits per heavy atom. The number of fused-ring (bicyclic) bond motifs is 4. The Hall–Kier alpha value is -12.9. The normalized spacial score (nSPS) is 11.0. The molecule has 8 N–H and O–H groups in total. The van der Waals surface area contributed by atoms with Crippen molar-refractivity contribution in [1.29, 1.82) is 21.0 Å². The Kier molecular flexibility index (Phi) is 41.7. The predicted octanol–water partition coefficient (Wildman–Crippen LogP) is 2.81. The molecule has 0 aromatic heterocycles. The number of nitriles is 4. The third-order valence-corrected chi connectivity index (χ3v) is 14.5. The van der Waals surface area contributed by atoms with E-state index in [-0.39, 0.29) is 103 Å². The van der Waals surface area contributed by atoms with Gasteiger partial charge in [0.15, 0.2) is 0 Å². The molecule has 0 fully saturated rings. The van der Waals surface area contributed by atoms with Gasteiger partial charge in [-0.15, -0.1) is 0 Å². The van der Waals surface area contributed by atoms with Crippen LogP contribution in [-0.2, 0) is 94.1 Å². The van der Waals surface area contributed by atoms with Gasteiger partial charge in [0.05, 0.1) is 89.4 Å².